The summed E-state index contributed by atoms with van der Waals surface area (Å²) in [6.07, 6.45) is 1.51. The standard InChI is InChI=1S/C17H28N2O/c1-4-15-12-19(10-11-20-15)13-17(18-5-2)16-9-7-6-8-14(16)3/h6-9,15,17-18H,4-5,10-13H2,1-3H3. The van der Waals surface area contributed by atoms with E-state index in [4.69, 9.17) is 4.74 Å². The molecular formula is C17H28N2O. The van der Waals surface area contributed by atoms with Gasteiger partial charge in [-0.15, -0.1) is 0 Å². The molecule has 2 unspecified atom stereocenters. The Morgan fingerprint density at radius 3 is 2.85 bits per heavy atom. The zero-order chi connectivity index (χ0) is 14.4. The maximum atomic E-state index is 5.77. The highest BCUT2D eigenvalue weighted by atomic mass is 16.5. The van der Waals surface area contributed by atoms with Crippen LogP contribution in [0.1, 0.15) is 37.4 Å². The number of aryl methyl sites for hydroxylation is 1. The lowest BCUT2D eigenvalue weighted by atomic mass is 10.0. The SMILES string of the molecule is CCNC(CN1CCOC(CC)C1)c1ccccc1C. The van der Waals surface area contributed by atoms with Crippen LogP contribution in [0, 0.1) is 6.92 Å². The molecule has 1 aromatic carbocycles. The van der Waals surface area contributed by atoms with Gasteiger partial charge in [-0.05, 0) is 31.0 Å². The minimum absolute atomic E-state index is 0.405. The van der Waals surface area contributed by atoms with Crippen LogP contribution in [-0.4, -0.2) is 43.8 Å². The zero-order valence-corrected chi connectivity index (χ0v) is 13.1. The van der Waals surface area contributed by atoms with Gasteiger partial charge < -0.3 is 10.1 Å². The van der Waals surface area contributed by atoms with Gasteiger partial charge >= 0.3 is 0 Å². The van der Waals surface area contributed by atoms with Crippen LogP contribution >= 0.6 is 0 Å². The molecule has 3 heteroatoms. The van der Waals surface area contributed by atoms with Crippen molar-refractivity contribution >= 4 is 0 Å². The van der Waals surface area contributed by atoms with E-state index in [-0.39, 0.29) is 0 Å². The van der Waals surface area contributed by atoms with Gasteiger partial charge in [0.05, 0.1) is 12.7 Å². The average Bonchev–Trinajstić information content (AvgIpc) is 2.47. The second-order valence-electron chi connectivity index (χ2n) is 5.63. The molecule has 1 aliphatic heterocycles. The van der Waals surface area contributed by atoms with Crippen molar-refractivity contribution < 1.29 is 4.74 Å². The Labute approximate surface area is 123 Å². The molecule has 0 saturated carbocycles. The van der Waals surface area contributed by atoms with Crippen LogP contribution in [-0.2, 0) is 4.74 Å². The number of morpholine rings is 1. The number of ether oxygens (including phenoxy) is 1. The topological polar surface area (TPSA) is 24.5 Å². The van der Waals surface area contributed by atoms with E-state index in [1.165, 1.54) is 11.1 Å². The second-order valence-corrected chi connectivity index (χ2v) is 5.63. The van der Waals surface area contributed by atoms with Crippen LogP contribution in [0.4, 0.5) is 0 Å². The van der Waals surface area contributed by atoms with Gasteiger partial charge in [0.1, 0.15) is 0 Å². The lowest BCUT2D eigenvalue weighted by Crippen LogP contribution is -2.45. The molecule has 1 N–H and O–H groups in total. The first kappa shape index (κ1) is 15.5. The Morgan fingerprint density at radius 2 is 2.15 bits per heavy atom. The van der Waals surface area contributed by atoms with Crippen LogP contribution in [0.15, 0.2) is 24.3 Å². The first-order chi connectivity index (χ1) is 9.74. The van der Waals surface area contributed by atoms with Crippen LogP contribution in [0.25, 0.3) is 0 Å². The lowest BCUT2D eigenvalue weighted by Gasteiger charge is -2.35. The van der Waals surface area contributed by atoms with Gasteiger partial charge in [-0.3, -0.25) is 4.90 Å². The molecule has 0 amide bonds. The Morgan fingerprint density at radius 1 is 1.35 bits per heavy atom. The Balaban J connectivity index is 2.04. The Kier molecular flexibility index (Phi) is 6.02. The molecule has 0 aliphatic carbocycles. The number of nitrogens with one attached hydrogen (secondary N) is 1. The number of rotatable bonds is 6. The van der Waals surface area contributed by atoms with Crippen molar-refractivity contribution in [2.24, 2.45) is 0 Å². The highest BCUT2D eigenvalue weighted by molar-refractivity contribution is 5.29. The predicted octanol–water partition coefficient (Wildman–Crippen LogP) is 2.76. The Hall–Kier alpha value is -0.900. The third kappa shape index (κ3) is 4.05. The van der Waals surface area contributed by atoms with Crippen LogP contribution in [0.5, 0.6) is 0 Å². The van der Waals surface area contributed by atoms with Crippen molar-refractivity contribution in [3.05, 3.63) is 35.4 Å². The first-order valence-corrected chi connectivity index (χ1v) is 7.87. The molecule has 2 rings (SSSR count). The summed E-state index contributed by atoms with van der Waals surface area (Å²) >= 11 is 0. The van der Waals surface area contributed by atoms with Crippen molar-refractivity contribution in [2.75, 3.05) is 32.8 Å². The number of likely N-dealkylation sites (N-methyl/N-ethyl adjacent to an activating group) is 1. The molecular weight excluding hydrogens is 248 g/mol. The summed E-state index contributed by atoms with van der Waals surface area (Å²) in [4.78, 5) is 2.54. The highest BCUT2D eigenvalue weighted by Crippen LogP contribution is 2.20. The summed E-state index contributed by atoms with van der Waals surface area (Å²) in [5, 5.41) is 3.64. The van der Waals surface area contributed by atoms with Gasteiger partial charge in [0, 0.05) is 25.7 Å². The molecule has 0 aromatic heterocycles. The predicted molar refractivity (Wildman–Crippen MR) is 84.1 cm³/mol. The van der Waals surface area contributed by atoms with E-state index in [2.05, 4.69) is 55.3 Å². The summed E-state index contributed by atoms with van der Waals surface area (Å²) < 4.78 is 5.77. The molecule has 2 atom stereocenters. The number of hydrogen-bond acceptors (Lipinski definition) is 3. The monoisotopic (exact) mass is 276 g/mol. The van der Waals surface area contributed by atoms with Crippen molar-refractivity contribution in [1.29, 1.82) is 0 Å². The van der Waals surface area contributed by atoms with Crippen LogP contribution in [0.3, 0.4) is 0 Å². The van der Waals surface area contributed by atoms with Crippen molar-refractivity contribution in [1.82, 2.24) is 10.2 Å². The normalized spacial score (nSPS) is 21.9. The van der Waals surface area contributed by atoms with Crippen LogP contribution < -0.4 is 5.32 Å². The van der Waals surface area contributed by atoms with Crippen LogP contribution in [0.2, 0.25) is 0 Å². The molecule has 112 valence electrons. The third-order valence-corrected chi connectivity index (χ3v) is 4.13. The molecule has 1 aliphatic rings. The summed E-state index contributed by atoms with van der Waals surface area (Å²) in [6, 6.07) is 9.12. The molecule has 0 radical (unpaired) electrons. The Bertz CT molecular complexity index is 408. The average molecular weight is 276 g/mol. The molecule has 20 heavy (non-hydrogen) atoms. The van der Waals surface area contributed by atoms with E-state index in [0.717, 1.165) is 39.2 Å². The summed E-state index contributed by atoms with van der Waals surface area (Å²) in [6.45, 7) is 11.6. The minimum atomic E-state index is 0.405. The van der Waals surface area contributed by atoms with Crippen molar-refractivity contribution in [3.8, 4) is 0 Å². The van der Waals surface area contributed by atoms with Gasteiger partial charge in [0.2, 0.25) is 0 Å². The molecule has 0 spiro atoms. The molecule has 3 nitrogen and oxygen atoms in total. The van der Waals surface area contributed by atoms with E-state index in [1.807, 2.05) is 0 Å². The quantitative estimate of drug-likeness (QED) is 0.864. The smallest absolute Gasteiger partial charge is 0.0700 e. The molecule has 1 saturated heterocycles. The molecule has 1 aromatic rings. The minimum Gasteiger partial charge on any atom is -0.376 e. The summed E-state index contributed by atoms with van der Waals surface area (Å²) in [7, 11) is 0. The fourth-order valence-electron chi connectivity index (χ4n) is 2.95. The third-order valence-electron chi connectivity index (χ3n) is 4.13. The van der Waals surface area contributed by atoms with E-state index in [9.17, 15) is 0 Å². The fraction of sp³-hybridized carbons (Fsp3) is 0.647. The van der Waals surface area contributed by atoms with Gasteiger partial charge in [0.15, 0.2) is 0 Å². The van der Waals surface area contributed by atoms with E-state index < -0.39 is 0 Å². The van der Waals surface area contributed by atoms with Gasteiger partial charge in [0.25, 0.3) is 0 Å². The van der Waals surface area contributed by atoms with E-state index in [0.29, 0.717) is 12.1 Å². The van der Waals surface area contributed by atoms with E-state index in [1.54, 1.807) is 0 Å². The van der Waals surface area contributed by atoms with Crippen molar-refractivity contribution in [2.45, 2.75) is 39.3 Å². The summed E-state index contributed by atoms with van der Waals surface area (Å²) in [5.74, 6) is 0. The second kappa shape index (κ2) is 7.77. The highest BCUT2D eigenvalue weighted by Gasteiger charge is 2.22. The number of benzene rings is 1. The molecule has 1 fully saturated rings. The van der Waals surface area contributed by atoms with Gasteiger partial charge in [-0.1, -0.05) is 38.1 Å². The molecule has 0 bridgehead atoms. The van der Waals surface area contributed by atoms with Crippen molar-refractivity contribution in [3.63, 3.8) is 0 Å². The molecule has 1 heterocycles. The van der Waals surface area contributed by atoms with Gasteiger partial charge in [-0.2, -0.15) is 0 Å². The van der Waals surface area contributed by atoms with E-state index >= 15 is 0 Å². The largest absolute Gasteiger partial charge is 0.376 e. The lowest BCUT2D eigenvalue weighted by molar-refractivity contribution is -0.0322. The fourth-order valence-corrected chi connectivity index (χ4v) is 2.95. The zero-order valence-electron chi connectivity index (χ0n) is 13.1. The summed E-state index contributed by atoms with van der Waals surface area (Å²) in [5.41, 5.74) is 2.80. The van der Waals surface area contributed by atoms with Gasteiger partial charge in [-0.25, -0.2) is 0 Å². The number of hydrogen-bond donors (Lipinski definition) is 1. The maximum Gasteiger partial charge on any atom is 0.0700 e. The number of nitrogens with zero attached hydrogens (tertiary/aromatic N) is 1. The maximum absolute atomic E-state index is 5.77. The first-order valence-electron chi connectivity index (χ1n) is 7.87.